The molecule has 13 heavy (non-hydrogen) atoms. The maximum Gasteiger partial charge on any atom is 0.00975 e. The Morgan fingerprint density at radius 2 is 2.00 bits per heavy atom. The second kappa shape index (κ2) is 4.43. The smallest absolute Gasteiger partial charge is 0.00975 e. The predicted octanol–water partition coefficient (Wildman–Crippen LogP) is 1.99. The van der Waals surface area contributed by atoms with Crippen molar-refractivity contribution in [2.45, 2.75) is 57.5 Å². The molecule has 0 atom stereocenters. The molecule has 1 aliphatic carbocycles. The van der Waals surface area contributed by atoms with E-state index in [-0.39, 0.29) is 5.54 Å². The van der Waals surface area contributed by atoms with Crippen molar-refractivity contribution in [3.8, 4) is 0 Å². The first-order valence-corrected chi connectivity index (χ1v) is 5.48. The summed E-state index contributed by atoms with van der Waals surface area (Å²) in [6.45, 7) is 5.43. The Bertz CT molecular complexity index is 145. The van der Waals surface area contributed by atoms with E-state index in [4.69, 9.17) is 5.73 Å². The lowest BCUT2D eigenvalue weighted by molar-refractivity contribution is 0.154. The second-order valence-electron chi connectivity index (χ2n) is 5.16. The Morgan fingerprint density at radius 1 is 1.38 bits per heavy atom. The van der Waals surface area contributed by atoms with Crippen LogP contribution in [0, 0.1) is 0 Å². The lowest BCUT2D eigenvalue weighted by Crippen LogP contribution is -2.39. The van der Waals surface area contributed by atoms with E-state index in [2.05, 4.69) is 25.8 Å². The Hall–Kier alpha value is -0.0800. The summed E-state index contributed by atoms with van der Waals surface area (Å²) >= 11 is 0. The monoisotopic (exact) mass is 184 g/mol. The number of hydrogen-bond donors (Lipinski definition) is 1. The summed E-state index contributed by atoms with van der Waals surface area (Å²) < 4.78 is 0. The molecule has 0 bridgehead atoms. The first kappa shape index (κ1) is 11.0. The maximum absolute atomic E-state index is 5.93. The summed E-state index contributed by atoms with van der Waals surface area (Å²) in [5.74, 6) is 0. The lowest BCUT2D eigenvalue weighted by Gasteiger charge is -2.35. The van der Waals surface area contributed by atoms with E-state index in [1.807, 2.05) is 0 Å². The number of nitrogens with zero attached hydrogens (tertiary/aromatic N) is 1. The van der Waals surface area contributed by atoms with Gasteiger partial charge in [-0.05, 0) is 53.1 Å². The van der Waals surface area contributed by atoms with Crippen LogP contribution in [0.5, 0.6) is 0 Å². The Kier molecular flexibility index (Phi) is 3.74. The van der Waals surface area contributed by atoms with Gasteiger partial charge in [0.1, 0.15) is 0 Å². The zero-order valence-corrected chi connectivity index (χ0v) is 9.34. The van der Waals surface area contributed by atoms with E-state index >= 15 is 0 Å². The van der Waals surface area contributed by atoms with E-state index in [1.54, 1.807) is 0 Å². The average Bonchev–Trinajstić information content (AvgIpc) is 1.79. The SMILES string of the molecule is CN(CCCC(C)(C)N)C1CCC1. The van der Waals surface area contributed by atoms with Crippen LogP contribution < -0.4 is 5.73 Å². The van der Waals surface area contributed by atoms with Gasteiger partial charge in [0.25, 0.3) is 0 Å². The first-order valence-electron chi connectivity index (χ1n) is 5.48. The number of rotatable bonds is 5. The molecule has 0 aliphatic heterocycles. The van der Waals surface area contributed by atoms with Crippen molar-refractivity contribution in [3.63, 3.8) is 0 Å². The molecule has 1 aliphatic rings. The van der Waals surface area contributed by atoms with Crippen LogP contribution in [0.15, 0.2) is 0 Å². The van der Waals surface area contributed by atoms with Gasteiger partial charge < -0.3 is 10.6 Å². The molecule has 2 nitrogen and oxygen atoms in total. The molecule has 2 N–H and O–H groups in total. The molecule has 0 radical (unpaired) electrons. The summed E-state index contributed by atoms with van der Waals surface area (Å²) in [7, 11) is 2.24. The van der Waals surface area contributed by atoms with Crippen molar-refractivity contribution in [2.75, 3.05) is 13.6 Å². The van der Waals surface area contributed by atoms with Crippen LogP contribution in [0.3, 0.4) is 0 Å². The molecule has 0 saturated heterocycles. The van der Waals surface area contributed by atoms with Crippen molar-refractivity contribution < 1.29 is 0 Å². The third kappa shape index (κ3) is 4.10. The van der Waals surface area contributed by atoms with Crippen LogP contribution in [0.1, 0.15) is 46.0 Å². The van der Waals surface area contributed by atoms with Gasteiger partial charge in [0.2, 0.25) is 0 Å². The van der Waals surface area contributed by atoms with Gasteiger partial charge in [0.15, 0.2) is 0 Å². The Morgan fingerprint density at radius 3 is 2.38 bits per heavy atom. The van der Waals surface area contributed by atoms with Gasteiger partial charge >= 0.3 is 0 Å². The van der Waals surface area contributed by atoms with Crippen molar-refractivity contribution in [2.24, 2.45) is 5.73 Å². The van der Waals surface area contributed by atoms with Gasteiger partial charge in [-0.2, -0.15) is 0 Å². The highest BCUT2D eigenvalue weighted by atomic mass is 15.1. The summed E-state index contributed by atoms with van der Waals surface area (Å²) in [5.41, 5.74) is 5.94. The average molecular weight is 184 g/mol. The molecule has 0 aromatic heterocycles. The second-order valence-corrected chi connectivity index (χ2v) is 5.16. The minimum absolute atomic E-state index is 0.0143. The predicted molar refractivity (Wildman–Crippen MR) is 57.8 cm³/mol. The molecule has 0 aromatic carbocycles. The highest BCUT2D eigenvalue weighted by molar-refractivity contribution is 4.79. The van der Waals surface area contributed by atoms with Gasteiger partial charge in [-0.1, -0.05) is 6.42 Å². The Balaban J connectivity index is 2.04. The highest BCUT2D eigenvalue weighted by Gasteiger charge is 2.21. The van der Waals surface area contributed by atoms with Gasteiger partial charge in [-0.3, -0.25) is 0 Å². The molecule has 0 spiro atoms. The Labute approximate surface area is 82.5 Å². The molecule has 0 unspecified atom stereocenters. The summed E-state index contributed by atoms with van der Waals surface area (Å²) in [4.78, 5) is 2.50. The molecule has 1 fully saturated rings. The topological polar surface area (TPSA) is 29.3 Å². The van der Waals surface area contributed by atoms with Crippen LogP contribution in [-0.4, -0.2) is 30.1 Å². The van der Waals surface area contributed by atoms with Crippen molar-refractivity contribution >= 4 is 0 Å². The molecule has 0 amide bonds. The summed E-state index contributed by atoms with van der Waals surface area (Å²) in [6, 6.07) is 0.876. The molecule has 1 rings (SSSR count). The van der Waals surface area contributed by atoms with Crippen LogP contribution in [0.25, 0.3) is 0 Å². The summed E-state index contributed by atoms with van der Waals surface area (Å²) in [5, 5.41) is 0. The van der Waals surface area contributed by atoms with Gasteiger partial charge in [-0.25, -0.2) is 0 Å². The zero-order valence-electron chi connectivity index (χ0n) is 9.34. The van der Waals surface area contributed by atoms with E-state index in [0.717, 1.165) is 12.5 Å². The fourth-order valence-electron chi connectivity index (χ4n) is 1.79. The third-order valence-corrected chi connectivity index (χ3v) is 3.03. The van der Waals surface area contributed by atoms with E-state index < -0.39 is 0 Å². The zero-order chi connectivity index (χ0) is 9.90. The largest absolute Gasteiger partial charge is 0.326 e. The molecule has 78 valence electrons. The van der Waals surface area contributed by atoms with Gasteiger partial charge in [0, 0.05) is 11.6 Å². The van der Waals surface area contributed by atoms with Gasteiger partial charge in [0.05, 0.1) is 0 Å². The fourth-order valence-corrected chi connectivity index (χ4v) is 1.79. The number of hydrogen-bond acceptors (Lipinski definition) is 2. The maximum atomic E-state index is 5.93. The van der Waals surface area contributed by atoms with Crippen LogP contribution in [-0.2, 0) is 0 Å². The normalized spacial score (nSPS) is 19.2. The van der Waals surface area contributed by atoms with Gasteiger partial charge in [-0.15, -0.1) is 0 Å². The van der Waals surface area contributed by atoms with E-state index in [0.29, 0.717) is 0 Å². The molecule has 0 heterocycles. The molecular formula is C11H24N2. The van der Waals surface area contributed by atoms with Crippen LogP contribution >= 0.6 is 0 Å². The minimum atomic E-state index is 0.0143. The molecular weight excluding hydrogens is 160 g/mol. The minimum Gasteiger partial charge on any atom is -0.326 e. The lowest BCUT2D eigenvalue weighted by atomic mass is 9.91. The summed E-state index contributed by atoms with van der Waals surface area (Å²) in [6.07, 6.45) is 6.60. The van der Waals surface area contributed by atoms with Crippen LogP contribution in [0.4, 0.5) is 0 Å². The molecule has 0 aromatic rings. The van der Waals surface area contributed by atoms with E-state index in [1.165, 1.54) is 32.2 Å². The highest BCUT2D eigenvalue weighted by Crippen LogP contribution is 2.23. The fraction of sp³-hybridized carbons (Fsp3) is 1.00. The number of nitrogens with two attached hydrogens (primary N) is 1. The third-order valence-electron chi connectivity index (χ3n) is 3.03. The standard InChI is InChI=1S/C11H24N2/c1-11(2,12)8-5-9-13(3)10-6-4-7-10/h10H,4-9,12H2,1-3H3. The first-order chi connectivity index (χ1) is 5.99. The van der Waals surface area contributed by atoms with Crippen molar-refractivity contribution in [1.29, 1.82) is 0 Å². The van der Waals surface area contributed by atoms with Crippen molar-refractivity contribution in [3.05, 3.63) is 0 Å². The van der Waals surface area contributed by atoms with Crippen LogP contribution in [0.2, 0.25) is 0 Å². The van der Waals surface area contributed by atoms with Crippen molar-refractivity contribution in [1.82, 2.24) is 4.90 Å². The molecule has 1 saturated carbocycles. The molecule has 2 heteroatoms. The quantitative estimate of drug-likeness (QED) is 0.708. The van der Waals surface area contributed by atoms with E-state index in [9.17, 15) is 0 Å².